The second-order valence-corrected chi connectivity index (χ2v) is 11.0. The molecule has 0 amide bonds. The molecule has 0 bridgehead atoms. The molecule has 5 nitrogen and oxygen atoms in total. The number of nitrogens with zero attached hydrogens (tertiary/aromatic N) is 1. The molecule has 0 spiro atoms. The predicted molar refractivity (Wildman–Crippen MR) is 105 cm³/mol. The first-order chi connectivity index (χ1) is 12.4. The van der Waals surface area contributed by atoms with Gasteiger partial charge < -0.3 is 4.90 Å². The molecular weight excluding hydrogens is 368 g/mol. The van der Waals surface area contributed by atoms with E-state index in [1.807, 2.05) is 23.9 Å². The third-order valence-corrected chi connectivity index (χ3v) is 8.43. The van der Waals surface area contributed by atoms with Crippen LogP contribution in [-0.4, -0.2) is 50.2 Å². The molecule has 1 N–H and O–H groups in total. The van der Waals surface area contributed by atoms with Gasteiger partial charge in [-0.2, -0.15) is 11.8 Å². The topological polar surface area (TPSA) is 66.5 Å². The van der Waals surface area contributed by atoms with E-state index in [1.54, 1.807) is 12.1 Å². The van der Waals surface area contributed by atoms with Crippen molar-refractivity contribution < 1.29 is 13.2 Å². The molecule has 4 rings (SSSR count). The number of carbonyl (C=O) groups excluding carboxylic acids is 1. The number of thioether (sulfide) groups is 1. The third-order valence-electron chi connectivity index (χ3n) is 5.91. The molecule has 0 saturated carbocycles. The maximum absolute atomic E-state index is 12.8. The molecule has 4 unspecified atom stereocenters. The fourth-order valence-corrected chi connectivity index (χ4v) is 6.39. The Kier molecular flexibility index (Phi) is 5.05. The summed E-state index contributed by atoms with van der Waals surface area (Å²) in [6, 6.07) is 7.09. The molecule has 3 heterocycles. The summed E-state index contributed by atoms with van der Waals surface area (Å²) < 4.78 is 23.3. The Morgan fingerprint density at radius 1 is 1.15 bits per heavy atom. The molecule has 0 radical (unpaired) electrons. The Bertz CT molecular complexity index is 772. The maximum Gasteiger partial charge on any atom is 0.175 e. The average Bonchev–Trinajstić information content (AvgIpc) is 3.30. The highest BCUT2D eigenvalue weighted by atomic mass is 32.2. The molecule has 4 atom stereocenters. The zero-order chi connectivity index (χ0) is 18.3. The van der Waals surface area contributed by atoms with Crippen molar-refractivity contribution in [2.24, 2.45) is 5.92 Å². The molecular formula is C19H26N2O3S2. The van der Waals surface area contributed by atoms with Crippen LogP contribution in [0.3, 0.4) is 0 Å². The Labute approximate surface area is 159 Å². The van der Waals surface area contributed by atoms with Gasteiger partial charge in [0.15, 0.2) is 15.6 Å². The van der Waals surface area contributed by atoms with E-state index in [-0.39, 0.29) is 17.5 Å². The number of hydrogen-bond acceptors (Lipinski definition) is 6. The molecule has 3 saturated heterocycles. The van der Waals surface area contributed by atoms with E-state index in [0.29, 0.717) is 16.6 Å². The Morgan fingerprint density at radius 2 is 1.92 bits per heavy atom. The molecule has 0 aliphatic carbocycles. The van der Waals surface area contributed by atoms with Gasteiger partial charge in [0.2, 0.25) is 0 Å². The molecule has 0 aromatic heterocycles. The number of ketones is 1. The number of anilines is 1. The van der Waals surface area contributed by atoms with Gasteiger partial charge in [-0.25, -0.2) is 8.42 Å². The predicted octanol–water partition coefficient (Wildman–Crippen LogP) is 2.46. The van der Waals surface area contributed by atoms with E-state index in [1.165, 1.54) is 6.26 Å². The number of nitrogens with one attached hydrogen (secondary N) is 1. The summed E-state index contributed by atoms with van der Waals surface area (Å²) in [5.41, 5.74) is 1.03. The van der Waals surface area contributed by atoms with Gasteiger partial charge in [-0.15, -0.1) is 0 Å². The summed E-state index contributed by atoms with van der Waals surface area (Å²) >= 11 is 1.81. The number of fused-ring (bicyclic) bond motifs is 1. The lowest BCUT2D eigenvalue weighted by atomic mass is 9.89. The number of carbonyl (C=O) groups is 1. The molecule has 7 heteroatoms. The summed E-state index contributed by atoms with van der Waals surface area (Å²) in [6.45, 7) is 0.944. The normalized spacial score (nSPS) is 31.8. The number of sulfone groups is 1. The molecule has 3 aliphatic heterocycles. The van der Waals surface area contributed by atoms with Crippen LogP contribution in [0.4, 0.5) is 5.69 Å². The van der Waals surface area contributed by atoms with Crippen molar-refractivity contribution >= 4 is 33.1 Å². The monoisotopic (exact) mass is 394 g/mol. The van der Waals surface area contributed by atoms with E-state index >= 15 is 0 Å². The van der Waals surface area contributed by atoms with Crippen molar-refractivity contribution in [1.29, 1.82) is 0 Å². The molecule has 1 aromatic rings. The number of hydrogen-bond donors (Lipinski definition) is 1. The summed E-state index contributed by atoms with van der Waals surface area (Å²) in [5.74, 6) is 2.05. The van der Waals surface area contributed by atoms with Crippen molar-refractivity contribution in [3.63, 3.8) is 0 Å². The van der Waals surface area contributed by atoms with Crippen LogP contribution in [0.5, 0.6) is 0 Å². The van der Waals surface area contributed by atoms with Crippen molar-refractivity contribution in [3.05, 3.63) is 24.3 Å². The standard InChI is InChI=1S/C19H26N2O3S2/c1-26(23,24)15-7-5-14(6-8-15)21-11-10-13-4-9-16(20-19(13)21)18(22)17-3-2-12-25-17/h5-8,13,16-17,19-20H,2-4,9-12H2,1H3. The number of Topliss-reactive ketones (excluding diaryl/α,β-unsaturated/α-hetero) is 1. The van der Waals surface area contributed by atoms with Gasteiger partial charge >= 0.3 is 0 Å². The van der Waals surface area contributed by atoms with Gasteiger partial charge in [0.1, 0.15) is 0 Å². The lowest BCUT2D eigenvalue weighted by molar-refractivity contribution is -0.121. The highest BCUT2D eigenvalue weighted by Crippen LogP contribution is 2.37. The van der Waals surface area contributed by atoms with Crippen molar-refractivity contribution in [2.45, 2.75) is 54.5 Å². The summed E-state index contributed by atoms with van der Waals surface area (Å²) in [4.78, 5) is 15.5. The first-order valence-corrected chi connectivity index (χ1v) is 12.4. The van der Waals surface area contributed by atoms with E-state index in [0.717, 1.165) is 50.1 Å². The van der Waals surface area contributed by atoms with Crippen LogP contribution in [0.15, 0.2) is 29.2 Å². The number of piperidine rings is 1. The lowest BCUT2D eigenvalue weighted by Crippen LogP contribution is -2.56. The fraction of sp³-hybridized carbons (Fsp3) is 0.632. The highest BCUT2D eigenvalue weighted by Gasteiger charge is 2.42. The van der Waals surface area contributed by atoms with Gasteiger partial charge in [0.25, 0.3) is 0 Å². The Morgan fingerprint density at radius 3 is 2.58 bits per heavy atom. The van der Waals surface area contributed by atoms with E-state index in [2.05, 4.69) is 10.2 Å². The van der Waals surface area contributed by atoms with Crippen LogP contribution >= 0.6 is 11.8 Å². The largest absolute Gasteiger partial charge is 0.356 e. The molecule has 1 aromatic carbocycles. The first-order valence-electron chi connectivity index (χ1n) is 9.41. The van der Waals surface area contributed by atoms with Crippen LogP contribution in [0.1, 0.15) is 32.1 Å². The lowest BCUT2D eigenvalue weighted by Gasteiger charge is -2.38. The van der Waals surface area contributed by atoms with Crippen LogP contribution in [0.25, 0.3) is 0 Å². The maximum atomic E-state index is 12.8. The van der Waals surface area contributed by atoms with Gasteiger partial charge in [-0.1, -0.05) is 0 Å². The molecule has 3 fully saturated rings. The van der Waals surface area contributed by atoms with Crippen molar-refractivity contribution in [1.82, 2.24) is 5.32 Å². The highest BCUT2D eigenvalue weighted by molar-refractivity contribution is 8.00. The quantitative estimate of drug-likeness (QED) is 0.846. The molecule has 26 heavy (non-hydrogen) atoms. The van der Waals surface area contributed by atoms with Crippen molar-refractivity contribution in [2.75, 3.05) is 23.5 Å². The Hall–Kier alpha value is -1.05. The van der Waals surface area contributed by atoms with Crippen LogP contribution in [0, 0.1) is 5.92 Å². The summed E-state index contributed by atoms with van der Waals surface area (Å²) in [5, 5.41) is 3.80. The third kappa shape index (κ3) is 3.53. The zero-order valence-electron chi connectivity index (χ0n) is 15.1. The second kappa shape index (κ2) is 7.17. The second-order valence-electron chi connectivity index (χ2n) is 7.65. The van der Waals surface area contributed by atoms with E-state index < -0.39 is 9.84 Å². The minimum Gasteiger partial charge on any atom is -0.356 e. The first kappa shape index (κ1) is 18.3. The number of rotatable bonds is 4. The van der Waals surface area contributed by atoms with Crippen LogP contribution < -0.4 is 10.2 Å². The smallest absolute Gasteiger partial charge is 0.175 e. The fourth-order valence-electron chi connectivity index (χ4n) is 4.48. The Balaban J connectivity index is 1.49. The van der Waals surface area contributed by atoms with Gasteiger partial charge in [0.05, 0.1) is 22.4 Å². The summed E-state index contributed by atoms with van der Waals surface area (Å²) in [7, 11) is -3.18. The molecule has 3 aliphatic rings. The minimum atomic E-state index is -3.18. The average molecular weight is 395 g/mol. The van der Waals surface area contributed by atoms with Crippen LogP contribution in [0.2, 0.25) is 0 Å². The number of benzene rings is 1. The van der Waals surface area contributed by atoms with Crippen molar-refractivity contribution in [3.8, 4) is 0 Å². The van der Waals surface area contributed by atoms with E-state index in [4.69, 9.17) is 0 Å². The van der Waals surface area contributed by atoms with E-state index in [9.17, 15) is 13.2 Å². The zero-order valence-corrected chi connectivity index (χ0v) is 16.7. The van der Waals surface area contributed by atoms with Gasteiger partial charge in [-0.3, -0.25) is 10.1 Å². The van der Waals surface area contributed by atoms with Crippen LogP contribution in [-0.2, 0) is 14.6 Å². The molecule has 142 valence electrons. The van der Waals surface area contributed by atoms with Gasteiger partial charge in [0, 0.05) is 18.5 Å². The SMILES string of the molecule is CS(=O)(=O)c1ccc(N2CCC3CCC(C(=O)C4CCCS4)NC32)cc1. The minimum absolute atomic E-state index is 0.0391. The summed E-state index contributed by atoms with van der Waals surface area (Å²) in [6.07, 6.45) is 6.72. The van der Waals surface area contributed by atoms with Gasteiger partial charge in [-0.05, 0) is 68.0 Å².